The molecule has 0 bridgehead atoms. The number of benzene rings is 3. The predicted octanol–water partition coefficient (Wildman–Crippen LogP) is 8.49. The van der Waals surface area contributed by atoms with Gasteiger partial charge in [-0.25, -0.2) is 0 Å². The maximum Gasteiger partial charge on any atom is 0.490 e. The van der Waals surface area contributed by atoms with Crippen LogP contribution in [0.2, 0.25) is 0 Å². The number of anilines is 2. The number of aryl methyl sites for hydroxylation is 6. The molecule has 0 aliphatic heterocycles. The summed E-state index contributed by atoms with van der Waals surface area (Å²) in [6.45, 7) is 12.2. The largest absolute Gasteiger partial charge is 0.490 e. The van der Waals surface area contributed by atoms with Crippen LogP contribution in [0.25, 0.3) is 22.3 Å². The van der Waals surface area contributed by atoms with Gasteiger partial charge in [0, 0.05) is 74.1 Å². The standard InChI is InChI=1S/C13H12BrN.C13H14N2.C7H8BrN.C6H8BNO2/c2*1-9-3-4-11(14)7-12(9)13-8-15-6-5-10(13)2;1-5-2-3-6(9)4-7(5)8;1-5-2-3-8-4-6(5)7(9)10/h3-8H,1-2H3;3-8H,14H2,1-2H3;2-4H,9H2,1H3;2-4,9-10H,1H3. The molecular weight excluding hydrogens is 741 g/mol. The molecule has 7 nitrogen and oxygen atoms in total. The Bertz CT molecular complexity index is 1900. The highest BCUT2D eigenvalue weighted by Crippen LogP contribution is 2.29. The summed E-state index contributed by atoms with van der Waals surface area (Å²) in [5.41, 5.74) is 25.1. The van der Waals surface area contributed by atoms with E-state index in [0.29, 0.717) is 5.46 Å². The van der Waals surface area contributed by atoms with E-state index in [-0.39, 0.29) is 0 Å². The van der Waals surface area contributed by atoms with E-state index >= 15 is 0 Å². The molecule has 6 rings (SSSR count). The SMILES string of the molecule is Cc1ccc(N)cc1Br.Cc1ccncc1-c1cc(Br)ccc1C.Cc1ccncc1-c1cc(N)ccc1C.Cc1ccncc1B(O)O. The van der Waals surface area contributed by atoms with Gasteiger partial charge in [0.2, 0.25) is 0 Å². The van der Waals surface area contributed by atoms with Gasteiger partial charge in [-0.05, 0) is 141 Å². The molecule has 0 saturated carbocycles. The van der Waals surface area contributed by atoms with Gasteiger partial charge in [0.15, 0.2) is 0 Å². The highest BCUT2D eigenvalue weighted by atomic mass is 79.9. The van der Waals surface area contributed by atoms with E-state index in [0.717, 1.165) is 31.4 Å². The smallest absolute Gasteiger partial charge is 0.423 e. The number of aromatic nitrogens is 3. The molecule has 10 heteroatoms. The van der Waals surface area contributed by atoms with Crippen LogP contribution in [-0.4, -0.2) is 32.1 Å². The summed E-state index contributed by atoms with van der Waals surface area (Å²) in [6, 6.07) is 23.8. The van der Waals surface area contributed by atoms with E-state index in [2.05, 4.69) is 92.7 Å². The maximum atomic E-state index is 8.72. The fourth-order valence-corrected chi connectivity index (χ4v) is 5.42. The van der Waals surface area contributed by atoms with Gasteiger partial charge in [-0.15, -0.1) is 0 Å². The minimum atomic E-state index is -1.41. The first-order valence-corrected chi connectivity index (χ1v) is 17.1. The van der Waals surface area contributed by atoms with Crippen molar-refractivity contribution in [2.75, 3.05) is 11.5 Å². The molecule has 0 radical (unpaired) electrons. The Morgan fingerprint density at radius 1 is 0.490 bits per heavy atom. The number of nitrogens with zero attached hydrogens (tertiary/aromatic N) is 3. The molecule has 0 aliphatic carbocycles. The van der Waals surface area contributed by atoms with E-state index in [1.54, 1.807) is 25.4 Å². The van der Waals surface area contributed by atoms with Crippen LogP contribution >= 0.6 is 31.9 Å². The van der Waals surface area contributed by atoms with Crippen molar-refractivity contribution in [2.45, 2.75) is 41.5 Å². The van der Waals surface area contributed by atoms with Gasteiger partial charge in [0.1, 0.15) is 0 Å². The van der Waals surface area contributed by atoms with Crippen LogP contribution in [0.5, 0.6) is 0 Å². The lowest BCUT2D eigenvalue weighted by molar-refractivity contribution is 0.425. The van der Waals surface area contributed by atoms with Crippen molar-refractivity contribution in [3.05, 3.63) is 152 Å². The minimum Gasteiger partial charge on any atom is -0.423 e. The van der Waals surface area contributed by atoms with Crippen molar-refractivity contribution in [3.8, 4) is 22.3 Å². The average Bonchev–Trinajstić information content (AvgIpc) is 3.07. The third kappa shape index (κ3) is 11.9. The van der Waals surface area contributed by atoms with Crippen molar-refractivity contribution in [1.82, 2.24) is 15.0 Å². The Balaban J connectivity index is 0.000000181. The fourth-order valence-electron chi connectivity index (χ4n) is 4.66. The van der Waals surface area contributed by atoms with E-state index in [1.807, 2.05) is 74.0 Å². The molecule has 3 heterocycles. The molecule has 6 N–H and O–H groups in total. The molecule has 3 aromatic heterocycles. The minimum absolute atomic E-state index is 0.461. The van der Waals surface area contributed by atoms with Gasteiger partial charge < -0.3 is 21.5 Å². The second-order valence-corrected chi connectivity index (χ2v) is 13.3. The Morgan fingerprint density at radius 3 is 1.37 bits per heavy atom. The fraction of sp³-hybridized carbons (Fsp3) is 0.154. The molecule has 0 atom stereocenters. The van der Waals surface area contributed by atoms with Gasteiger partial charge in [0.25, 0.3) is 0 Å². The Hall–Kier alpha value is -4.35. The molecular formula is C39H42BBr2N5O2. The topological polar surface area (TPSA) is 131 Å². The second-order valence-electron chi connectivity index (χ2n) is 11.5. The number of nitrogen functional groups attached to an aromatic ring is 2. The number of nitrogens with two attached hydrogens (primary N) is 2. The van der Waals surface area contributed by atoms with E-state index < -0.39 is 7.12 Å². The Morgan fingerprint density at radius 2 is 0.918 bits per heavy atom. The zero-order chi connectivity index (χ0) is 36.1. The van der Waals surface area contributed by atoms with E-state index in [4.69, 9.17) is 21.5 Å². The summed E-state index contributed by atoms with van der Waals surface area (Å²) in [6.07, 6.45) is 10.5. The highest BCUT2D eigenvalue weighted by Gasteiger charge is 2.12. The third-order valence-electron chi connectivity index (χ3n) is 7.67. The molecule has 0 amide bonds. The van der Waals surface area contributed by atoms with Crippen LogP contribution in [0.15, 0.2) is 119 Å². The lowest BCUT2D eigenvalue weighted by Crippen LogP contribution is -2.32. The first-order chi connectivity index (χ1) is 23.3. The summed E-state index contributed by atoms with van der Waals surface area (Å²) in [7, 11) is -1.41. The van der Waals surface area contributed by atoms with Gasteiger partial charge in [0.05, 0.1) is 0 Å². The van der Waals surface area contributed by atoms with Crippen LogP contribution in [0.1, 0.15) is 33.4 Å². The Labute approximate surface area is 306 Å². The summed E-state index contributed by atoms with van der Waals surface area (Å²) in [5, 5.41) is 17.4. The quantitative estimate of drug-likeness (QED) is 0.105. The van der Waals surface area contributed by atoms with Crippen LogP contribution in [-0.2, 0) is 0 Å². The van der Waals surface area contributed by atoms with Crippen LogP contribution in [0.4, 0.5) is 11.4 Å². The highest BCUT2D eigenvalue weighted by molar-refractivity contribution is 9.10. The molecule has 0 saturated heterocycles. The number of hydrogen-bond acceptors (Lipinski definition) is 7. The van der Waals surface area contributed by atoms with Crippen LogP contribution < -0.4 is 16.9 Å². The number of pyridine rings is 3. The van der Waals surface area contributed by atoms with Gasteiger partial charge in [-0.3, -0.25) is 15.0 Å². The molecule has 0 fully saturated rings. The molecule has 3 aromatic carbocycles. The molecule has 0 aliphatic rings. The average molecular weight is 783 g/mol. The van der Waals surface area contributed by atoms with Gasteiger partial charge >= 0.3 is 7.12 Å². The number of halogens is 2. The Kier molecular flexibility index (Phi) is 15.2. The van der Waals surface area contributed by atoms with E-state index in [1.165, 1.54) is 50.7 Å². The first kappa shape index (κ1) is 39.1. The van der Waals surface area contributed by atoms with Crippen LogP contribution in [0.3, 0.4) is 0 Å². The number of rotatable bonds is 3. The monoisotopic (exact) mass is 781 g/mol. The number of hydrogen-bond donors (Lipinski definition) is 4. The van der Waals surface area contributed by atoms with Gasteiger partial charge in [-0.1, -0.05) is 50.1 Å². The summed E-state index contributed by atoms with van der Waals surface area (Å²) in [5.74, 6) is 0. The molecule has 6 aromatic rings. The van der Waals surface area contributed by atoms with Crippen molar-refractivity contribution in [1.29, 1.82) is 0 Å². The van der Waals surface area contributed by atoms with Crippen LogP contribution in [0, 0.1) is 41.5 Å². The first-order valence-electron chi connectivity index (χ1n) is 15.5. The lowest BCUT2D eigenvalue weighted by Gasteiger charge is -2.09. The molecule has 0 spiro atoms. The normalized spacial score (nSPS) is 10.0. The van der Waals surface area contributed by atoms with E-state index in [9.17, 15) is 0 Å². The molecule has 49 heavy (non-hydrogen) atoms. The second kappa shape index (κ2) is 19.0. The predicted molar refractivity (Wildman–Crippen MR) is 212 cm³/mol. The van der Waals surface area contributed by atoms with Crippen molar-refractivity contribution in [3.63, 3.8) is 0 Å². The summed E-state index contributed by atoms with van der Waals surface area (Å²) >= 11 is 6.86. The maximum absolute atomic E-state index is 8.72. The summed E-state index contributed by atoms with van der Waals surface area (Å²) < 4.78 is 2.17. The van der Waals surface area contributed by atoms with Crippen molar-refractivity contribution >= 4 is 55.8 Å². The third-order valence-corrected chi connectivity index (χ3v) is 9.02. The lowest BCUT2D eigenvalue weighted by atomic mass is 9.79. The van der Waals surface area contributed by atoms with Crippen molar-refractivity contribution in [2.24, 2.45) is 0 Å². The zero-order valence-corrected chi connectivity index (χ0v) is 31.8. The molecule has 0 unspecified atom stereocenters. The zero-order valence-electron chi connectivity index (χ0n) is 28.6. The van der Waals surface area contributed by atoms with Crippen molar-refractivity contribution < 1.29 is 10.0 Å². The van der Waals surface area contributed by atoms with Gasteiger partial charge in [-0.2, -0.15) is 0 Å². The summed E-state index contributed by atoms with van der Waals surface area (Å²) in [4.78, 5) is 12.1. The molecule has 252 valence electrons.